The van der Waals surface area contributed by atoms with E-state index < -0.39 is 29.5 Å². The lowest BCUT2D eigenvalue weighted by molar-refractivity contribution is 0.0801. The quantitative estimate of drug-likeness (QED) is 0.0373. The number of benzene rings is 8. The molecule has 1 fully saturated rings. The minimum Gasteiger partial charge on any atom is -0.329 e. The van der Waals surface area contributed by atoms with Gasteiger partial charge in [0.25, 0.3) is 47.3 Å². The van der Waals surface area contributed by atoms with Crippen LogP contribution in [0.3, 0.4) is 0 Å². The second kappa shape index (κ2) is 41.8. The van der Waals surface area contributed by atoms with Crippen LogP contribution in [0.1, 0.15) is 82.9 Å². The fraction of sp³-hybridized carbons (Fsp3) is 0.0349. The highest BCUT2D eigenvalue weighted by Crippen LogP contribution is 2.36. The second-order valence-electron chi connectivity index (χ2n) is 25.7. The molecular weight excluding hydrogens is 1770 g/mol. The first-order valence-corrected chi connectivity index (χ1v) is 41.3. The van der Waals surface area contributed by atoms with E-state index >= 15 is 0 Å². The van der Waals surface area contributed by atoms with Crippen molar-refractivity contribution in [1.82, 2.24) is 59.9 Å². The van der Waals surface area contributed by atoms with Gasteiger partial charge in [-0.05, 0) is 194 Å². The maximum Gasteiger partial charge on any atom is 0.270 e. The van der Waals surface area contributed by atoms with Crippen LogP contribution in [0.4, 0.5) is 33.8 Å². The number of hydrogen-bond donors (Lipinski definition) is 8. The third-order valence-corrected chi connectivity index (χ3v) is 21.8. The van der Waals surface area contributed by atoms with Gasteiger partial charge in [-0.2, -0.15) is 10.1 Å². The molecule has 0 unspecified atom stereocenters. The van der Waals surface area contributed by atoms with E-state index in [1.165, 1.54) is 89.6 Å². The predicted octanol–water partition coefficient (Wildman–Crippen LogP) is 20.4. The molecule has 15 aromatic rings. The number of aromatic amines is 1. The summed E-state index contributed by atoms with van der Waals surface area (Å²) in [4.78, 5) is 127. The number of aromatic nitrogens is 11. The lowest BCUT2D eigenvalue weighted by Crippen LogP contribution is -2.27. The average Bonchev–Trinajstić information content (AvgIpc) is 1.45. The summed E-state index contributed by atoms with van der Waals surface area (Å²) >= 11 is 53.3. The van der Waals surface area contributed by atoms with E-state index in [2.05, 4.69) is 87.6 Å². The molecule has 27 nitrogen and oxygen atoms in total. The molecule has 614 valence electrons. The van der Waals surface area contributed by atoms with Crippen LogP contribution in [0, 0.1) is 0 Å². The van der Waals surface area contributed by atoms with E-state index in [0.29, 0.717) is 116 Å². The minimum atomic E-state index is -0.441. The summed E-state index contributed by atoms with van der Waals surface area (Å²) < 4.78 is 1.30. The summed E-state index contributed by atoms with van der Waals surface area (Å²) in [6.07, 6.45) is 12.2. The number of carbonyl (C=O) groups is 8. The van der Waals surface area contributed by atoms with Crippen molar-refractivity contribution in [3.8, 4) is 45.0 Å². The lowest BCUT2D eigenvalue weighted by atomic mass is 10.1. The van der Waals surface area contributed by atoms with E-state index in [0.717, 1.165) is 12.3 Å². The number of hydrogen-bond acceptors (Lipinski definition) is 19. The molecule has 8 amide bonds. The summed E-state index contributed by atoms with van der Waals surface area (Å²) in [5, 5.41) is 34.8. The molecule has 0 spiro atoms. The highest BCUT2D eigenvalue weighted by Gasteiger charge is 2.25. The van der Waals surface area contributed by atoms with Crippen molar-refractivity contribution in [2.24, 2.45) is 0 Å². The fourth-order valence-corrected chi connectivity index (χ4v) is 14.9. The van der Waals surface area contributed by atoms with Gasteiger partial charge >= 0.3 is 0 Å². The molecule has 0 saturated carbocycles. The van der Waals surface area contributed by atoms with Crippen molar-refractivity contribution in [1.29, 1.82) is 0 Å². The van der Waals surface area contributed by atoms with Crippen LogP contribution < -0.4 is 37.3 Å². The standard InChI is InChI=1S/C22H14Cl2N4O2S.C22H17Cl2N3O2S.2C21H14Cl2N6O2/c23-17-7-5-14(12-16(17)19-3-1-2-8-25-19)27-21(30)15-6-4-13(11-18(15)24)20(29)28-22-26-9-10-31-22;23-18-7-5-15(12-17(18)20-3-1-2-8-25-20)26-21(28)16-6-4-14(11-19(16)24)22(29)27-9-10-30-13-27;22-17-7-5-14(10-16(17)19-3-1-2-8-24-19)27-21(31)15-6-4-13(9-18(15)23)20(30)28-29-11-25-26-12-29;22-16-7-5-13(10-15(16)18-3-1-2-8-24-18)27-20(31)14-6-4-12(9-17(14)23)19(30)28-21-25-11-26-29-21/h1-12H,(H,27,30)(H,26,28,29);1-8,11-12H,9-10,13H2,(H,26,28);1-12H,(H,27,31)(H,28,30);1-11H,(H,27,31)(H2,25,26,28,29,30). The van der Waals surface area contributed by atoms with Crippen molar-refractivity contribution in [2.75, 3.05) is 55.5 Å². The largest absolute Gasteiger partial charge is 0.329 e. The van der Waals surface area contributed by atoms with Gasteiger partial charge in [0.15, 0.2) is 5.13 Å². The zero-order chi connectivity index (χ0) is 86.5. The summed E-state index contributed by atoms with van der Waals surface area (Å²) in [6, 6.07) is 60.5. The van der Waals surface area contributed by atoms with Gasteiger partial charge in [-0.25, -0.2) is 14.8 Å². The Bertz CT molecular complexity index is 5910. The minimum absolute atomic E-state index is 0.0773. The Morgan fingerprint density at radius 2 is 0.715 bits per heavy atom. The van der Waals surface area contributed by atoms with Gasteiger partial charge in [0, 0.05) is 116 Å². The van der Waals surface area contributed by atoms with Crippen LogP contribution in [-0.4, -0.2) is 125 Å². The van der Waals surface area contributed by atoms with E-state index in [4.69, 9.17) is 92.8 Å². The molecule has 0 aliphatic carbocycles. The Morgan fingerprint density at radius 1 is 0.350 bits per heavy atom. The maximum atomic E-state index is 12.8. The molecule has 1 saturated heterocycles. The number of H-pyrrole nitrogens is 1. The van der Waals surface area contributed by atoms with Crippen molar-refractivity contribution in [3.05, 3.63) is 358 Å². The number of pyridine rings is 4. The molecule has 8 heterocycles. The van der Waals surface area contributed by atoms with Crippen LogP contribution in [0.25, 0.3) is 45.0 Å². The summed E-state index contributed by atoms with van der Waals surface area (Å²) in [5.74, 6) is -1.13. The van der Waals surface area contributed by atoms with Gasteiger partial charge in [0.2, 0.25) is 5.95 Å². The molecular formula is C86H59Cl8N19O8S2. The topological polar surface area (TPSA) is 361 Å². The van der Waals surface area contributed by atoms with Crippen molar-refractivity contribution < 1.29 is 38.4 Å². The first-order chi connectivity index (χ1) is 59.5. The van der Waals surface area contributed by atoms with E-state index in [9.17, 15) is 38.4 Å². The number of thiazole rings is 1. The number of nitrogens with zero attached hydrogens (tertiary/aromatic N) is 11. The molecule has 7 aromatic heterocycles. The zero-order valence-corrected chi connectivity index (χ0v) is 70.8. The Kier molecular flexibility index (Phi) is 29.7. The van der Waals surface area contributed by atoms with Gasteiger partial charge in [0.1, 0.15) is 19.0 Å². The Balaban J connectivity index is 0.000000141. The van der Waals surface area contributed by atoms with E-state index in [1.807, 2.05) is 60.7 Å². The van der Waals surface area contributed by atoms with Gasteiger partial charge in [-0.1, -0.05) is 117 Å². The van der Waals surface area contributed by atoms with Gasteiger partial charge in [-0.15, -0.1) is 33.3 Å². The van der Waals surface area contributed by atoms with Crippen LogP contribution in [-0.2, 0) is 0 Å². The number of halogens is 8. The normalized spacial score (nSPS) is 11.2. The van der Waals surface area contributed by atoms with Gasteiger partial charge in [0.05, 0.1) is 91.1 Å². The Hall–Kier alpha value is -13.3. The van der Waals surface area contributed by atoms with Crippen molar-refractivity contribution in [3.63, 3.8) is 0 Å². The lowest BCUT2D eigenvalue weighted by Gasteiger charge is -2.15. The van der Waals surface area contributed by atoms with Crippen LogP contribution in [0.5, 0.6) is 0 Å². The van der Waals surface area contributed by atoms with Crippen LogP contribution >= 0.6 is 116 Å². The second-order valence-corrected chi connectivity index (χ2v) is 31.0. The maximum absolute atomic E-state index is 12.8. The predicted molar refractivity (Wildman–Crippen MR) is 483 cm³/mol. The first-order valence-electron chi connectivity index (χ1n) is 36.2. The van der Waals surface area contributed by atoms with Crippen molar-refractivity contribution >= 4 is 197 Å². The number of thioether (sulfide) groups is 1. The molecule has 1 aliphatic rings. The molecule has 8 N–H and O–H groups in total. The molecule has 1 aliphatic heterocycles. The SMILES string of the molecule is O=C(Nc1ccc(Cl)c(-c2ccccn2)c1)c1ccc(C(=O)N2CCSC2)cc1Cl.O=C(Nc1nccs1)c1ccc(C(=O)Nc2ccc(Cl)c(-c3ccccn3)c2)c(Cl)c1.O=C(Nc1ncn[nH]1)c1ccc(C(=O)Nc2ccc(Cl)c(-c3ccccn3)c2)c(Cl)c1.O=C(Nn1cnnc1)c1ccc(C(=O)Nc2ccc(Cl)c(-c3ccccn3)c2)c(Cl)c1. The number of amides is 8. The number of carbonyl (C=O) groups excluding carboxylic acids is 8. The fourth-order valence-electron chi connectivity index (χ4n) is 11.5. The van der Waals surface area contributed by atoms with Crippen molar-refractivity contribution in [2.45, 2.75) is 0 Å². The van der Waals surface area contributed by atoms with E-state index in [1.54, 1.807) is 156 Å². The smallest absolute Gasteiger partial charge is 0.270 e. The summed E-state index contributed by atoms with van der Waals surface area (Å²) in [5.41, 5.74) is 12.6. The molecule has 16 rings (SSSR count). The van der Waals surface area contributed by atoms with Gasteiger partial charge in [-0.3, -0.25) is 74.4 Å². The molecule has 0 radical (unpaired) electrons. The number of rotatable bonds is 19. The number of anilines is 6. The zero-order valence-electron chi connectivity index (χ0n) is 63.1. The van der Waals surface area contributed by atoms with Gasteiger partial charge < -0.3 is 26.2 Å². The summed E-state index contributed by atoms with van der Waals surface area (Å²) in [6.45, 7) is 0.721. The third kappa shape index (κ3) is 23.3. The van der Waals surface area contributed by atoms with Crippen LogP contribution in [0.2, 0.25) is 40.2 Å². The summed E-state index contributed by atoms with van der Waals surface area (Å²) in [7, 11) is 0. The molecule has 8 aromatic carbocycles. The third-order valence-electron chi connectivity index (χ3n) is 17.5. The monoisotopic (exact) mass is 1830 g/mol. The Morgan fingerprint density at radius 3 is 1.04 bits per heavy atom. The van der Waals surface area contributed by atoms with E-state index in [-0.39, 0.29) is 71.6 Å². The number of nitrogens with one attached hydrogen (secondary N) is 8. The Labute approximate surface area is 748 Å². The molecule has 0 atom stereocenters. The molecule has 37 heteroatoms. The van der Waals surface area contributed by atoms with Crippen LogP contribution in [0.15, 0.2) is 274 Å². The highest BCUT2D eigenvalue weighted by atomic mass is 35.5. The molecule has 0 bridgehead atoms. The highest BCUT2D eigenvalue weighted by molar-refractivity contribution is 7.99. The first kappa shape index (κ1) is 87.5. The average molecular weight is 1830 g/mol. The molecule has 123 heavy (non-hydrogen) atoms.